The molecule has 2 N–H and O–H groups in total. The number of carbonyl (C=O) groups is 1. The second kappa shape index (κ2) is 8.75. The summed E-state index contributed by atoms with van der Waals surface area (Å²) in [5.41, 5.74) is 4.34. The van der Waals surface area contributed by atoms with Crippen LogP contribution in [0.5, 0.6) is 11.5 Å². The summed E-state index contributed by atoms with van der Waals surface area (Å²) in [6.07, 6.45) is 1.49. The van der Waals surface area contributed by atoms with Gasteiger partial charge in [0.05, 0.1) is 23.5 Å². The normalized spacial score (nSPS) is 10.8. The average molecular weight is 409 g/mol. The molecule has 0 saturated carbocycles. The zero-order chi connectivity index (χ0) is 17.5. The van der Waals surface area contributed by atoms with Crippen molar-refractivity contribution in [3.05, 3.63) is 52.0 Å². The number of methoxy groups -OCH3 is 1. The van der Waals surface area contributed by atoms with E-state index < -0.39 is 0 Å². The highest BCUT2D eigenvalue weighted by molar-refractivity contribution is 9.10. The number of hydrogen-bond acceptors (Lipinski definition) is 5. The molecule has 2 aromatic rings. The first-order chi connectivity index (χ1) is 11.5. The van der Waals surface area contributed by atoms with Crippen molar-refractivity contribution in [3.8, 4) is 11.5 Å². The summed E-state index contributed by atoms with van der Waals surface area (Å²) >= 11 is 4.68. The number of hydrazone groups is 1. The van der Waals surface area contributed by atoms with Gasteiger partial charge in [-0.25, -0.2) is 5.43 Å². The molecule has 0 atom stereocenters. The van der Waals surface area contributed by atoms with Gasteiger partial charge in [0.2, 0.25) is 5.91 Å². The summed E-state index contributed by atoms with van der Waals surface area (Å²) in [7, 11) is 1.46. The molecule has 0 unspecified atom stereocenters. The molecule has 0 radical (unpaired) electrons. The first kappa shape index (κ1) is 18.4. The number of phenolic OH excluding ortho intramolecular Hbond substituents is 1. The van der Waals surface area contributed by atoms with Gasteiger partial charge in [-0.15, -0.1) is 11.8 Å². The van der Waals surface area contributed by atoms with Crippen LogP contribution in [0.2, 0.25) is 0 Å². The van der Waals surface area contributed by atoms with Crippen LogP contribution >= 0.6 is 27.7 Å². The van der Waals surface area contributed by atoms with Gasteiger partial charge in [0.25, 0.3) is 0 Å². The molecule has 126 valence electrons. The number of benzene rings is 2. The zero-order valence-electron chi connectivity index (χ0n) is 13.2. The summed E-state index contributed by atoms with van der Waals surface area (Å²) in [5.74, 6) is 0.435. The lowest BCUT2D eigenvalue weighted by Crippen LogP contribution is -2.19. The Bertz CT molecular complexity index is 748. The van der Waals surface area contributed by atoms with E-state index in [9.17, 15) is 9.90 Å². The molecule has 0 heterocycles. The quantitative estimate of drug-likeness (QED) is 0.434. The number of ether oxygens (including phenoxy) is 1. The van der Waals surface area contributed by atoms with Gasteiger partial charge in [0.1, 0.15) is 0 Å². The standard InChI is InChI=1S/C17H17BrN2O3S/c1-11-3-5-13(6-4-11)24-10-16(21)20-19-9-12-7-14(18)17(22)15(8-12)23-2/h3-9,22H,10H2,1-2H3,(H,20,21)/b19-9+. The van der Waals surface area contributed by atoms with Gasteiger partial charge in [-0.2, -0.15) is 5.10 Å². The molecular weight excluding hydrogens is 392 g/mol. The van der Waals surface area contributed by atoms with Gasteiger partial charge in [0, 0.05) is 4.90 Å². The molecule has 0 aliphatic heterocycles. The number of nitrogens with zero attached hydrogens (tertiary/aromatic N) is 1. The number of rotatable bonds is 6. The molecule has 2 rings (SSSR count). The number of carbonyl (C=O) groups excluding carboxylic acids is 1. The molecule has 0 aromatic heterocycles. The number of aromatic hydroxyl groups is 1. The lowest BCUT2D eigenvalue weighted by molar-refractivity contribution is -0.118. The lowest BCUT2D eigenvalue weighted by atomic mass is 10.2. The minimum atomic E-state index is -0.193. The SMILES string of the molecule is COc1cc(/C=N/NC(=O)CSc2ccc(C)cc2)cc(Br)c1O. The van der Waals surface area contributed by atoms with Crippen molar-refractivity contribution in [2.75, 3.05) is 12.9 Å². The molecule has 0 spiro atoms. The zero-order valence-corrected chi connectivity index (χ0v) is 15.6. The maximum Gasteiger partial charge on any atom is 0.250 e. The first-order valence-corrected chi connectivity index (χ1v) is 8.85. The van der Waals surface area contributed by atoms with Crippen molar-refractivity contribution >= 4 is 39.8 Å². The number of phenols is 1. The highest BCUT2D eigenvalue weighted by Gasteiger charge is 2.07. The molecule has 0 bridgehead atoms. The van der Waals surface area contributed by atoms with E-state index in [0.717, 1.165) is 4.90 Å². The lowest BCUT2D eigenvalue weighted by Gasteiger charge is -2.06. The van der Waals surface area contributed by atoms with Crippen LogP contribution in [-0.2, 0) is 4.79 Å². The van der Waals surface area contributed by atoms with Crippen LogP contribution in [0, 0.1) is 6.92 Å². The Morgan fingerprint density at radius 1 is 1.38 bits per heavy atom. The van der Waals surface area contributed by atoms with Crippen LogP contribution in [-0.4, -0.2) is 30.1 Å². The predicted octanol–water partition coefficient (Wildman–Crippen LogP) is 3.71. The molecule has 0 aliphatic rings. The smallest absolute Gasteiger partial charge is 0.250 e. The van der Waals surface area contributed by atoms with Crippen LogP contribution in [0.4, 0.5) is 0 Å². The number of nitrogens with one attached hydrogen (secondary N) is 1. The Morgan fingerprint density at radius 2 is 2.08 bits per heavy atom. The fourth-order valence-electron chi connectivity index (χ4n) is 1.82. The van der Waals surface area contributed by atoms with E-state index in [1.54, 1.807) is 12.1 Å². The van der Waals surface area contributed by atoms with Gasteiger partial charge in [-0.3, -0.25) is 4.79 Å². The number of aryl methyl sites for hydroxylation is 1. The van der Waals surface area contributed by atoms with Crippen LogP contribution in [0.1, 0.15) is 11.1 Å². The predicted molar refractivity (Wildman–Crippen MR) is 100.0 cm³/mol. The van der Waals surface area contributed by atoms with E-state index in [1.807, 2.05) is 31.2 Å². The number of halogens is 1. The second-order valence-corrected chi connectivity index (χ2v) is 6.85. The summed E-state index contributed by atoms with van der Waals surface area (Å²) < 4.78 is 5.55. The Hall–Kier alpha value is -1.99. The molecule has 2 aromatic carbocycles. The summed E-state index contributed by atoms with van der Waals surface area (Å²) in [5, 5.41) is 13.7. The van der Waals surface area contributed by atoms with Gasteiger partial charge in [-0.1, -0.05) is 17.7 Å². The first-order valence-electron chi connectivity index (χ1n) is 7.07. The molecule has 1 amide bonds. The summed E-state index contributed by atoms with van der Waals surface area (Å²) in [6.45, 7) is 2.02. The maximum absolute atomic E-state index is 11.8. The Labute approximate surface area is 153 Å². The van der Waals surface area contributed by atoms with E-state index in [2.05, 4.69) is 26.5 Å². The van der Waals surface area contributed by atoms with Crippen LogP contribution in [0.3, 0.4) is 0 Å². The largest absolute Gasteiger partial charge is 0.503 e. The van der Waals surface area contributed by atoms with E-state index in [1.165, 1.54) is 30.6 Å². The fourth-order valence-corrected chi connectivity index (χ4v) is 2.97. The number of hydrogen-bond donors (Lipinski definition) is 2. The number of amides is 1. The van der Waals surface area contributed by atoms with Gasteiger partial charge in [0.15, 0.2) is 11.5 Å². The average Bonchev–Trinajstić information content (AvgIpc) is 2.57. The maximum atomic E-state index is 11.8. The summed E-state index contributed by atoms with van der Waals surface area (Å²) in [6, 6.07) is 11.3. The van der Waals surface area contributed by atoms with Crippen molar-refractivity contribution in [3.63, 3.8) is 0 Å². The number of thioether (sulfide) groups is 1. The van der Waals surface area contributed by atoms with E-state index >= 15 is 0 Å². The molecule has 0 aliphatic carbocycles. The molecular formula is C17H17BrN2O3S. The highest BCUT2D eigenvalue weighted by Crippen LogP contribution is 2.34. The Morgan fingerprint density at radius 3 is 2.75 bits per heavy atom. The third-order valence-electron chi connectivity index (χ3n) is 3.06. The molecule has 5 nitrogen and oxygen atoms in total. The third kappa shape index (κ3) is 5.28. The van der Waals surface area contributed by atoms with Crippen molar-refractivity contribution in [1.82, 2.24) is 5.43 Å². The van der Waals surface area contributed by atoms with Gasteiger partial charge < -0.3 is 9.84 Å². The van der Waals surface area contributed by atoms with Crippen molar-refractivity contribution in [1.29, 1.82) is 0 Å². The minimum absolute atomic E-state index is 0.0215. The minimum Gasteiger partial charge on any atom is -0.503 e. The molecule has 24 heavy (non-hydrogen) atoms. The van der Waals surface area contributed by atoms with E-state index in [0.29, 0.717) is 15.8 Å². The summed E-state index contributed by atoms with van der Waals surface area (Å²) in [4.78, 5) is 12.8. The van der Waals surface area contributed by atoms with Crippen LogP contribution in [0.15, 0.2) is 50.9 Å². The second-order valence-electron chi connectivity index (χ2n) is 4.95. The molecule has 0 saturated heterocycles. The molecule has 7 heteroatoms. The van der Waals surface area contributed by atoms with Crippen LogP contribution < -0.4 is 10.2 Å². The highest BCUT2D eigenvalue weighted by atomic mass is 79.9. The Kier molecular flexibility index (Phi) is 6.69. The topological polar surface area (TPSA) is 70.9 Å². The van der Waals surface area contributed by atoms with Gasteiger partial charge in [-0.05, 0) is 52.7 Å². The van der Waals surface area contributed by atoms with E-state index in [-0.39, 0.29) is 17.4 Å². The van der Waals surface area contributed by atoms with Crippen molar-refractivity contribution in [2.45, 2.75) is 11.8 Å². The molecule has 0 fully saturated rings. The third-order valence-corrected chi connectivity index (χ3v) is 4.68. The fraction of sp³-hybridized carbons (Fsp3) is 0.176. The van der Waals surface area contributed by atoms with Crippen molar-refractivity contribution < 1.29 is 14.6 Å². The van der Waals surface area contributed by atoms with E-state index in [4.69, 9.17) is 4.74 Å². The van der Waals surface area contributed by atoms with Crippen LogP contribution in [0.25, 0.3) is 0 Å². The van der Waals surface area contributed by atoms with Crippen molar-refractivity contribution in [2.24, 2.45) is 5.10 Å². The van der Waals surface area contributed by atoms with Gasteiger partial charge >= 0.3 is 0 Å². The monoisotopic (exact) mass is 408 g/mol. The Balaban J connectivity index is 1.88.